The second-order valence-electron chi connectivity index (χ2n) is 4.30. The molecule has 2 aromatic carbocycles. The van der Waals surface area contributed by atoms with Crippen LogP contribution in [0.25, 0.3) is 0 Å². The van der Waals surface area contributed by atoms with Crippen LogP contribution < -0.4 is 5.32 Å². The lowest BCUT2D eigenvalue weighted by Gasteiger charge is -2.06. The van der Waals surface area contributed by atoms with Crippen molar-refractivity contribution in [2.45, 2.75) is 6.61 Å². The molecule has 2 rings (SSSR count). The molecule has 0 saturated heterocycles. The van der Waals surface area contributed by atoms with E-state index in [1.54, 1.807) is 12.1 Å². The Morgan fingerprint density at radius 3 is 2.45 bits per heavy atom. The first-order valence-corrected chi connectivity index (χ1v) is 7.20. The maximum atomic E-state index is 11.8. The van der Waals surface area contributed by atoms with Crippen molar-refractivity contribution in [3.05, 3.63) is 70.2 Å². The van der Waals surface area contributed by atoms with Crippen LogP contribution in [-0.4, -0.2) is 19.1 Å². The molecule has 0 aromatic heterocycles. The zero-order valence-corrected chi connectivity index (χ0v) is 12.6. The minimum atomic E-state index is -0.0826. The number of hydrogen-bond acceptors (Lipinski definition) is 2. The van der Waals surface area contributed by atoms with Gasteiger partial charge in [0, 0.05) is 16.6 Å². The molecule has 0 aliphatic rings. The van der Waals surface area contributed by atoms with Gasteiger partial charge in [0.15, 0.2) is 0 Å². The summed E-state index contributed by atoms with van der Waals surface area (Å²) >= 11 is 3.34. The summed E-state index contributed by atoms with van der Waals surface area (Å²) in [6.07, 6.45) is 0. The standard InChI is InChI=1S/C16H16BrNO2/c17-15-8-6-14(7-9-15)16(19)18-10-11-20-12-13-4-2-1-3-5-13/h1-9H,10-12H2,(H,18,19). The van der Waals surface area contributed by atoms with Crippen molar-refractivity contribution in [2.75, 3.05) is 13.2 Å². The van der Waals surface area contributed by atoms with Crippen molar-refractivity contribution in [2.24, 2.45) is 0 Å². The van der Waals surface area contributed by atoms with E-state index in [0.717, 1.165) is 10.0 Å². The summed E-state index contributed by atoms with van der Waals surface area (Å²) in [5.74, 6) is -0.0826. The molecule has 0 heterocycles. The van der Waals surface area contributed by atoms with Crippen LogP contribution in [0.15, 0.2) is 59.1 Å². The van der Waals surface area contributed by atoms with Gasteiger partial charge in [-0.25, -0.2) is 0 Å². The molecule has 1 amide bonds. The summed E-state index contributed by atoms with van der Waals surface area (Å²) in [6.45, 7) is 1.56. The van der Waals surface area contributed by atoms with Crippen LogP contribution in [0.3, 0.4) is 0 Å². The number of amides is 1. The van der Waals surface area contributed by atoms with E-state index in [0.29, 0.717) is 25.3 Å². The van der Waals surface area contributed by atoms with Crippen molar-refractivity contribution in [1.29, 1.82) is 0 Å². The summed E-state index contributed by atoms with van der Waals surface area (Å²) in [4.78, 5) is 11.8. The molecule has 3 nitrogen and oxygen atoms in total. The fraction of sp³-hybridized carbons (Fsp3) is 0.188. The van der Waals surface area contributed by atoms with Gasteiger partial charge in [-0.15, -0.1) is 0 Å². The highest BCUT2D eigenvalue weighted by molar-refractivity contribution is 9.10. The van der Waals surface area contributed by atoms with Gasteiger partial charge in [-0.2, -0.15) is 0 Å². The molecular formula is C16H16BrNO2. The fourth-order valence-electron chi connectivity index (χ4n) is 1.70. The summed E-state index contributed by atoms with van der Waals surface area (Å²) in [7, 11) is 0. The Bertz CT molecular complexity index is 540. The number of benzene rings is 2. The van der Waals surface area contributed by atoms with Crippen LogP contribution in [-0.2, 0) is 11.3 Å². The second-order valence-corrected chi connectivity index (χ2v) is 5.22. The van der Waals surface area contributed by atoms with Gasteiger partial charge in [0.1, 0.15) is 0 Å². The molecule has 4 heteroatoms. The van der Waals surface area contributed by atoms with Gasteiger partial charge in [-0.3, -0.25) is 4.79 Å². The number of nitrogens with one attached hydrogen (secondary N) is 1. The third kappa shape index (κ3) is 4.79. The van der Waals surface area contributed by atoms with Crippen molar-refractivity contribution < 1.29 is 9.53 Å². The average molecular weight is 334 g/mol. The van der Waals surface area contributed by atoms with Gasteiger partial charge in [0.2, 0.25) is 0 Å². The molecule has 0 saturated carbocycles. The average Bonchev–Trinajstić information content (AvgIpc) is 2.48. The molecule has 0 spiro atoms. The van der Waals surface area contributed by atoms with Crippen LogP contribution in [0, 0.1) is 0 Å². The number of rotatable bonds is 6. The van der Waals surface area contributed by atoms with E-state index < -0.39 is 0 Å². The van der Waals surface area contributed by atoms with Crippen molar-refractivity contribution in [3.8, 4) is 0 Å². The molecule has 0 radical (unpaired) electrons. The fourth-order valence-corrected chi connectivity index (χ4v) is 1.97. The van der Waals surface area contributed by atoms with Gasteiger partial charge >= 0.3 is 0 Å². The first-order chi connectivity index (χ1) is 9.75. The lowest BCUT2D eigenvalue weighted by molar-refractivity contribution is 0.0901. The van der Waals surface area contributed by atoms with Crippen LogP contribution in [0.2, 0.25) is 0 Å². The first kappa shape index (κ1) is 14.8. The van der Waals surface area contributed by atoms with E-state index in [9.17, 15) is 4.79 Å². The van der Waals surface area contributed by atoms with Crippen LogP contribution in [0.5, 0.6) is 0 Å². The maximum Gasteiger partial charge on any atom is 0.251 e. The Morgan fingerprint density at radius 2 is 1.75 bits per heavy atom. The van der Waals surface area contributed by atoms with Crippen LogP contribution in [0.1, 0.15) is 15.9 Å². The lowest BCUT2D eigenvalue weighted by Crippen LogP contribution is -2.27. The molecular weight excluding hydrogens is 318 g/mol. The summed E-state index contributed by atoms with van der Waals surface area (Å²) in [6, 6.07) is 17.2. The Morgan fingerprint density at radius 1 is 1.05 bits per heavy atom. The highest BCUT2D eigenvalue weighted by atomic mass is 79.9. The van der Waals surface area contributed by atoms with Crippen LogP contribution >= 0.6 is 15.9 Å². The monoisotopic (exact) mass is 333 g/mol. The van der Waals surface area contributed by atoms with Gasteiger partial charge < -0.3 is 10.1 Å². The second kappa shape index (κ2) is 7.82. The number of carbonyl (C=O) groups excluding carboxylic acids is 1. The number of halogens is 1. The van der Waals surface area contributed by atoms with Gasteiger partial charge in [0.25, 0.3) is 5.91 Å². The Hall–Kier alpha value is -1.65. The highest BCUT2D eigenvalue weighted by Crippen LogP contribution is 2.10. The SMILES string of the molecule is O=C(NCCOCc1ccccc1)c1ccc(Br)cc1. The molecule has 20 heavy (non-hydrogen) atoms. The third-order valence-electron chi connectivity index (χ3n) is 2.75. The molecule has 0 aliphatic heterocycles. The quantitative estimate of drug-likeness (QED) is 0.823. The van der Waals surface area contributed by atoms with E-state index >= 15 is 0 Å². The zero-order valence-electron chi connectivity index (χ0n) is 11.0. The highest BCUT2D eigenvalue weighted by Gasteiger charge is 2.03. The summed E-state index contributed by atoms with van der Waals surface area (Å²) in [5, 5.41) is 2.83. The predicted molar refractivity (Wildman–Crippen MR) is 82.6 cm³/mol. The van der Waals surface area contributed by atoms with E-state index in [1.165, 1.54) is 0 Å². The Balaban J connectivity index is 1.66. The largest absolute Gasteiger partial charge is 0.375 e. The minimum Gasteiger partial charge on any atom is -0.375 e. The number of ether oxygens (including phenoxy) is 1. The molecule has 0 fully saturated rings. The smallest absolute Gasteiger partial charge is 0.251 e. The van der Waals surface area contributed by atoms with Crippen molar-refractivity contribution in [1.82, 2.24) is 5.32 Å². The van der Waals surface area contributed by atoms with E-state index in [4.69, 9.17) is 4.74 Å². The molecule has 2 aromatic rings. The lowest BCUT2D eigenvalue weighted by atomic mass is 10.2. The third-order valence-corrected chi connectivity index (χ3v) is 3.28. The predicted octanol–water partition coefficient (Wildman–Crippen LogP) is 3.40. The van der Waals surface area contributed by atoms with Gasteiger partial charge in [0.05, 0.1) is 13.2 Å². The zero-order chi connectivity index (χ0) is 14.2. The van der Waals surface area contributed by atoms with E-state index in [1.807, 2.05) is 42.5 Å². The van der Waals surface area contributed by atoms with Crippen molar-refractivity contribution in [3.63, 3.8) is 0 Å². The van der Waals surface area contributed by atoms with Gasteiger partial charge in [-0.05, 0) is 29.8 Å². The summed E-state index contributed by atoms with van der Waals surface area (Å²) < 4.78 is 6.46. The summed E-state index contributed by atoms with van der Waals surface area (Å²) in [5.41, 5.74) is 1.78. The molecule has 0 bridgehead atoms. The normalized spacial score (nSPS) is 10.2. The first-order valence-electron chi connectivity index (χ1n) is 6.41. The van der Waals surface area contributed by atoms with Gasteiger partial charge in [-0.1, -0.05) is 46.3 Å². The molecule has 0 atom stereocenters. The maximum absolute atomic E-state index is 11.8. The minimum absolute atomic E-state index is 0.0826. The van der Waals surface area contributed by atoms with Crippen LogP contribution in [0.4, 0.5) is 0 Å². The molecule has 0 unspecified atom stereocenters. The Kier molecular flexibility index (Phi) is 5.77. The van der Waals surface area contributed by atoms with E-state index in [2.05, 4.69) is 21.2 Å². The molecule has 1 N–H and O–H groups in total. The number of carbonyl (C=O) groups is 1. The molecule has 0 aliphatic carbocycles. The van der Waals surface area contributed by atoms with Crippen molar-refractivity contribution >= 4 is 21.8 Å². The van der Waals surface area contributed by atoms with E-state index in [-0.39, 0.29) is 5.91 Å². The topological polar surface area (TPSA) is 38.3 Å². The molecule has 104 valence electrons. The Labute approximate surface area is 127 Å². The number of hydrogen-bond donors (Lipinski definition) is 1.